The van der Waals surface area contributed by atoms with Crippen molar-refractivity contribution in [3.8, 4) is 0 Å². The minimum atomic E-state index is -0.872. The number of ether oxygens (including phenoxy) is 1. The molecule has 4 nitrogen and oxygen atoms in total. The average Bonchev–Trinajstić information content (AvgIpc) is 2.48. The van der Waals surface area contributed by atoms with Crippen LogP contribution in [-0.2, 0) is 11.3 Å². The van der Waals surface area contributed by atoms with E-state index in [-0.39, 0.29) is 0 Å². The molecule has 0 bridgehead atoms. The number of aromatic carboxylic acids is 1. The summed E-state index contributed by atoms with van der Waals surface area (Å²) in [4.78, 5) is 13.2. The van der Waals surface area contributed by atoms with Crippen molar-refractivity contribution in [2.45, 2.75) is 44.4 Å². The van der Waals surface area contributed by atoms with Crippen LogP contribution in [0.15, 0.2) is 24.3 Å². The lowest BCUT2D eigenvalue weighted by molar-refractivity contribution is 0.0427. The third kappa shape index (κ3) is 3.81. The lowest BCUT2D eigenvalue weighted by atomic mass is 9.92. The summed E-state index contributed by atoms with van der Waals surface area (Å²) in [5, 5.41) is 8.89. The number of carbonyl (C=O) groups is 1. The van der Waals surface area contributed by atoms with E-state index in [4.69, 9.17) is 9.84 Å². The summed E-state index contributed by atoms with van der Waals surface area (Å²) < 4.78 is 5.40. The molecule has 0 radical (unpaired) electrons. The number of carboxylic acid groups (broad SMARTS) is 1. The molecule has 110 valence electrons. The number of hydrogen-bond acceptors (Lipinski definition) is 3. The minimum absolute atomic E-state index is 0.344. The van der Waals surface area contributed by atoms with Crippen LogP contribution in [0.5, 0.6) is 0 Å². The normalized spacial score (nSPS) is 22.9. The predicted molar refractivity (Wildman–Crippen MR) is 77.9 cm³/mol. The van der Waals surface area contributed by atoms with Gasteiger partial charge in [0, 0.05) is 19.7 Å². The molecule has 1 fully saturated rings. The maximum absolute atomic E-state index is 10.8. The summed E-state index contributed by atoms with van der Waals surface area (Å²) >= 11 is 0. The van der Waals surface area contributed by atoms with Gasteiger partial charge in [-0.2, -0.15) is 0 Å². The standard InChI is InChI=1S/C16H23NO3/c1-17(14-7-9-15(20-2)10-8-14)11-12-3-5-13(6-4-12)16(18)19/h3-6,14-15H,7-11H2,1-2H3,(H,18,19). The van der Waals surface area contributed by atoms with Crippen LogP contribution in [0, 0.1) is 0 Å². The molecule has 0 heterocycles. The third-order valence-electron chi connectivity index (χ3n) is 4.23. The molecule has 0 amide bonds. The molecule has 1 N–H and O–H groups in total. The molecule has 20 heavy (non-hydrogen) atoms. The molecular weight excluding hydrogens is 254 g/mol. The first kappa shape index (κ1) is 15.0. The monoisotopic (exact) mass is 277 g/mol. The van der Waals surface area contributed by atoms with Gasteiger partial charge in [-0.15, -0.1) is 0 Å². The molecule has 0 atom stereocenters. The second-order valence-corrected chi connectivity index (χ2v) is 5.58. The number of rotatable bonds is 5. The van der Waals surface area contributed by atoms with Gasteiger partial charge in [0.2, 0.25) is 0 Å². The van der Waals surface area contributed by atoms with Gasteiger partial charge in [0.15, 0.2) is 0 Å². The van der Waals surface area contributed by atoms with E-state index in [1.165, 1.54) is 12.8 Å². The average molecular weight is 277 g/mol. The Kier molecular flexibility index (Phi) is 5.15. The van der Waals surface area contributed by atoms with Crippen LogP contribution >= 0.6 is 0 Å². The van der Waals surface area contributed by atoms with Crippen LogP contribution in [-0.4, -0.2) is 42.3 Å². The van der Waals surface area contributed by atoms with Crippen LogP contribution in [0.2, 0.25) is 0 Å². The summed E-state index contributed by atoms with van der Waals surface area (Å²) in [5.74, 6) is -0.872. The lowest BCUT2D eigenvalue weighted by Gasteiger charge is -2.34. The molecule has 4 heteroatoms. The van der Waals surface area contributed by atoms with Gasteiger partial charge in [0.05, 0.1) is 11.7 Å². The molecule has 2 rings (SSSR count). The van der Waals surface area contributed by atoms with Crippen molar-refractivity contribution in [3.63, 3.8) is 0 Å². The molecule has 1 aromatic rings. The van der Waals surface area contributed by atoms with Crippen LogP contribution in [0.1, 0.15) is 41.6 Å². The number of methoxy groups -OCH3 is 1. The predicted octanol–water partition coefficient (Wildman–Crippen LogP) is 2.77. The molecular formula is C16H23NO3. The summed E-state index contributed by atoms with van der Waals surface area (Å²) in [6.07, 6.45) is 5.02. The fourth-order valence-electron chi connectivity index (χ4n) is 2.89. The summed E-state index contributed by atoms with van der Waals surface area (Å²) in [5.41, 5.74) is 1.50. The maximum atomic E-state index is 10.8. The van der Waals surface area contributed by atoms with E-state index in [9.17, 15) is 4.79 Å². The lowest BCUT2D eigenvalue weighted by Crippen LogP contribution is -2.36. The van der Waals surface area contributed by atoms with Crippen molar-refractivity contribution in [2.24, 2.45) is 0 Å². The largest absolute Gasteiger partial charge is 0.478 e. The van der Waals surface area contributed by atoms with Gasteiger partial charge in [-0.3, -0.25) is 4.90 Å². The highest BCUT2D eigenvalue weighted by Crippen LogP contribution is 2.25. The SMILES string of the molecule is COC1CCC(N(C)Cc2ccc(C(=O)O)cc2)CC1. The van der Waals surface area contributed by atoms with E-state index in [0.717, 1.165) is 24.9 Å². The van der Waals surface area contributed by atoms with Crippen molar-refractivity contribution >= 4 is 5.97 Å². The first-order chi connectivity index (χ1) is 9.60. The van der Waals surface area contributed by atoms with Gasteiger partial charge >= 0.3 is 5.97 Å². The molecule has 0 saturated heterocycles. The molecule has 0 aliphatic heterocycles. The zero-order valence-corrected chi connectivity index (χ0v) is 12.2. The summed E-state index contributed by atoms with van der Waals surface area (Å²) in [6, 6.07) is 7.75. The Hall–Kier alpha value is -1.39. The van der Waals surface area contributed by atoms with Crippen molar-refractivity contribution in [3.05, 3.63) is 35.4 Å². The van der Waals surface area contributed by atoms with Crippen molar-refractivity contribution in [1.29, 1.82) is 0 Å². The van der Waals surface area contributed by atoms with Gasteiger partial charge in [0.1, 0.15) is 0 Å². The molecule has 0 unspecified atom stereocenters. The summed E-state index contributed by atoms with van der Waals surface area (Å²) in [7, 11) is 3.93. The number of carboxylic acids is 1. The first-order valence-electron chi connectivity index (χ1n) is 7.15. The van der Waals surface area contributed by atoms with Gasteiger partial charge in [0.25, 0.3) is 0 Å². The summed E-state index contributed by atoms with van der Waals surface area (Å²) in [6.45, 7) is 0.863. The Balaban J connectivity index is 1.88. The van der Waals surface area contributed by atoms with Crippen LogP contribution in [0.3, 0.4) is 0 Å². The highest BCUT2D eigenvalue weighted by atomic mass is 16.5. The van der Waals surface area contributed by atoms with E-state index in [1.807, 2.05) is 12.1 Å². The highest BCUT2D eigenvalue weighted by molar-refractivity contribution is 5.87. The number of hydrogen-bond donors (Lipinski definition) is 1. The Morgan fingerprint density at radius 2 is 1.85 bits per heavy atom. The van der Waals surface area contributed by atoms with Gasteiger partial charge < -0.3 is 9.84 Å². The second kappa shape index (κ2) is 6.86. The Morgan fingerprint density at radius 1 is 1.25 bits per heavy atom. The Bertz CT molecular complexity index is 436. The zero-order valence-electron chi connectivity index (χ0n) is 12.2. The first-order valence-corrected chi connectivity index (χ1v) is 7.15. The topological polar surface area (TPSA) is 49.8 Å². The third-order valence-corrected chi connectivity index (χ3v) is 4.23. The van der Waals surface area contributed by atoms with Crippen LogP contribution < -0.4 is 0 Å². The highest BCUT2D eigenvalue weighted by Gasteiger charge is 2.23. The minimum Gasteiger partial charge on any atom is -0.478 e. The van der Waals surface area contributed by atoms with Crippen molar-refractivity contribution in [1.82, 2.24) is 4.90 Å². The maximum Gasteiger partial charge on any atom is 0.335 e. The van der Waals surface area contributed by atoms with E-state index in [2.05, 4.69) is 11.9 Å². The van der Waals surface area contributed by atoms with Crippen LogP contribution in [0.25, 0.3) is 0 Å². The van der Waals surface area contributed by atoms with E-state index >= 15 is 0 Å². The molecule has 1 aromatic carbocycles. The quantitative estimate of drug-likeness (QED) is 0.899. The van der Waals surface area contributed by atoms with E-state index in [1.54, 1.807) is 19.2 Å². The molecule has 0 aromatic heterocycles. The molecule has 1 aliphatic rings. The van der Waals surface area contributed by atoms with Gasteiger partial charge in [-0.1, -0.05) is 12.1 Å². The second-order valence-electron chi connectivity index (χ2n) is 5.58. The van der Waals surface area contributed by atoms with Gasteiger partial charge in [-0.25, -0.2) is 4.79 Å². The Labute approximate surface area is 120 Å². The van der Waals surface area contributed by atoms with Crippen LogP contribution in [0.4, 0.5) is 0 Å². The smallest absolute Gasteiger partial charge is 0.335 e. The van der Waals surface area contributed by atoms with E-state index in [0.29, 0.717) is 17.7 Å². The zero-order chi connectivity index (χ0) is 14.5. The van der Waals surface area contributed by atoms with E-state index < -0.39 is 5.97 Å². The fraction of sp³-hybridized carbons (Fsp3) is 0.562. The molecule has 0 spiro atoms. The fourth-order valence-corrected chi connectivity index (χ4v) is 2.89. The molecule has 1 saturated carbocycles. The van der Waals surface area contributed by atoms with Crippen molar-refractivity contribution in [2.75, 3.05) is 14.2 Å². The molecule has 1 aliphatic carbocycles. The number of nitrogens with zero attached hydrogens (tertiary/aromatic N) is 1. The van der Waals surface area contributed by atoms with Gasteiger partial charge in [-0.05, 0) is 50.4 Å². The number of benzene rings is 1. The Morgan fingerprint density at radius 3 is 2.35 bits per heavy atom. The van der Waals surface area contributed by atoms with Crippen molar-refractivity contribution < 1.29 is 14.6 Å².